The first kappa shape index (κ1) is 20.1. The summed E-state index contributed by atoms with van der Waals surface area (Å²) in [6.07, 6.45) is 2.06. The number of rotatable bonds is 4. The number of hydrogen-bond donors (Lipinski definition) is 0. The van der Waals surface area contributed by atoms with E-state index in [4.69, 9.17) is 4.74 Å². The van der Waals surface area contributed by atoms with Gasteiger partial charge in [-0.3, -0.25) is 4.90 Å². The molecular formula is C25H26N4OS. The molecule has 1 aliphatic heterocycles. The lowest BCUT2D eigenvalue weighted by Crippen LogP contribution is -2.29. The molecule has 5 nitrogen and oxygen atoms in total. The van der Waals surface area contributed by atoms with Crippen LogP contribution in [-0.2, 0) is 12.8 Å². The maximum atomic E-state index is 6.05. The monoisotopic (exact) mass is 430 g/mol. The van der Waals surface area contributed by atoms with Crippen molar-refractivity contribution in [1.82, 2.24) is 19.9 Å². The lowest BCUT2D eigenvalue weighted by molar-refractivity contribution is 0.221. The number of nitrogens with zero attached hydrogens (tertiary/aromatic N) is 4. The van der Waals surface area contributed by atoms with Gasteiger partial charge in [0, 0.05) is 30.9 Å². The Kier molecular flexibility index (Phi) is 5.42. The molecular weight excluding hydrogens is 404 g/mol. The normalized spacial score (nSPS) is 15.5. The molecule has 0 unspecified atom stereocenters. The van der Waals surface area contributed by atoms with Crippen LogP contribution in [0.15, 0.2) is 48.0 Å². The molecule has 31 heavy (non-hydrogen) atoms. The summed E-state index contributed by atoms with van der Waals surface area (Å²) in [6.45, 7) is 8.23. The zero-order valence-corrected chi connectivity index (χ0v) is 18.9. The van der Waals surface area contributed by atoms with E-state index in [-0.39, 0.29) is 0 Å². The summed E-state index contributed by atoms with van der Waals surface area (Å²) in [6, 6.07) is 15.4. The van der Waals surface area contributed by atoms with Crippen molar-refractivity contribution in [3.8, 4) is 11.6 Å². The van der Waals surface area contributed by atoms with Crippen molar-refractivity contribution in [3.05, 3.63) is 76.2 Å². The van der Waals surface area contributed by atoms with Crippen LogP contribution >= 0.6 is 11.3 Å². The van der Waals surface area contributed by atoms with Crippen molar-refractivity contribution in [1.29, 1.82) is 0 Å². The number of aromatic nitrogens is 3. The van der Waals surface area contributed by atoms with Crippen LogP contribution < -0.4 is 4.74 Å². The average molecular weight is 431 g/mol. The second-order valence-corrected chi connectivity index (χ2v) is 9.11. The van der Waals surface area contributed by atoms with E-state index in [1.807, 2.05) is 25.4 Å². The number of benzene rings is 2. The fourth-order valence-electron chi connectivity index (χ4n) is 4.37. The van der Waals surface area contributed by atoms with Crippen LogP contribution in [0.25, 0.3) is 10.2 Å². The van der Waals surface area contributed by atoms with Crippen molar-refractivity contribution in [2.24, 2.45) is 0 Å². The molecule has 0 saturated heterocycles. The quantitative estimate of drug-likeness (QED) is 0.418. The van der Waals surface area contributed by atoms with Gasteiger partial charge in [-0.2, -0.15) is 4.98 Å². The first-order chi connectivity index (χ1) is 15.0. The van der Waals surface area contributed by atoms with Crippen LogP contribution in [0.1, 0.15) is 41.2 Å². The van der Waals surface area contributed by atoms with Crippen LogP contribution in [0.2, 0.25) is 0 Å². The molecule has 0 aliphatic carbocycles. The molecule has 0 radical (unpaired) electrons. The van der Waals surface area contributed by atoms with Crippen molar-refractivity contribution in [2.75, 3.05) is 13.1 Å². The number of aryl methyl sites for hydroxylation is 2. The second kappa shape index (κ2) is 8.36. The van der Waals surface area contributed by atoms with E-state index < -0.39 is 0 Å². The first-order valence-corrected chi connectivity index (χ1v) is 11.6. The van der Waals surface area contributed by atoms with Crippen LogP contribution in [0, 0.1) is 13.8 Å². The highest BCUT2D eigenvalue weighted by molar-refractivity contribution is 7.16. The maximum absolute atomic E-state index is 6.05. The van der Waals surface area contributed by atoms with Gasteiger partial charge in [0.05, 0.1) is 15.7 Å². The van der Waals surface area contributed by atoms with E-state index in [0.717, 1.165) is 48.7 Å². The number of hydrogen-bond acceptors (Lipinski definition) is 6. The largest absolute Gasteiger partial charge is 0.439 e. The zero-order valence-electron chi connectivity index (χ0n) is 18.1. The van der Waals surface area contributed by atoms with Gasteiger partial charge in [0.2, 0.25) is 5.88 Å². The molecule has 0 spiro atoms. The predicted molar refractivity (Wildman–Crippen MR) is 125 cm³/mol. The third-order valence-corrected chi connectivity index (χ3v) is 6.87. The summed E-state index contributed by atoms with van der Waals surface area (Å²) in [4.78, 5) is 15.8. The molecule has 4 aromatic rings. The Hall–Kier alpha value is -2.83. The van der Waals surface area contributed by atoms with Gasteiger partial charge in [-0.15, -0.1) is 11.3 Å². The van der Waals surface area contributed by atoms with Gasteiger partial charge in [-0.25, -0.2) is 9.97 Å². The molecule has 1 atom stereocenters. The summed E-state index contributed by atoms with van der Waals surface area (Å²) < 4.78 is 7.30. The highest BCUT2D eigenvalue weighted by Crippen LogP contribution is 2.30. The lowest BCUT2D eigenvalue weighted by Gasteiger charge is -2.28. The van der Waals surface area contributed by atoms with Crippen LogP contribution in [0.5, 0.6) is 11.6 Å². The maximum Gasteiger partial charge on any atom is 0.222 e. The molecule has 0 amide bonds. The molecule has 1 aliphatic rings. The Bertz CT molecular complexity index is 1220. The fourth-order valence-corrected chi connectivity index (χ4v) is 5.03. The Morgan fingerprint density at radius 1 is 0.968 bits per heavy atom. The van der Waals surface area contributed by atoms with Gasteiger partial charge in [-0.1, -0.05) is 12.1 Å². The van der Waals surface area contributed by atoms with Crippen LogP contribution in [0.3, 0.4) is 0 Å². The van der Waals surface area contributed by atoms with E-state index in [9.17, 15) is 0 Å². The smallest absolute Gasteiger partial charge is 0.222 e. The van der Waals surface area contributed by atoms with E-state index in [1.54, 1.807) is 11.3 Å². The minimum Gasteiger partial charge on any atom is -0.439 e. The molecule has 2 aromatic heterocycles. The van der Waals surface area contributed by atoms with Crippen molar-refractivity contribution < 1.29 is 4.74 Å². The number of thiazole rings is 1. The van der Waals surface area contributed by atoms with Gasteiger partial charge < -0.3 is 4.74 Å². The van der Waals surface area contributed by atoms with Crippen LogP contribution in [0.4, 0.5) is 0 Å². The molecule has 0 N–H and O–H groups in total. The summed E-state index contributed by atoms with van der Waals surface area (Å²) in [7, 11) is 0. The number of ether oxygens (including phenoxy) is 1. The molecule has 2 aromatic carbocycles. The second-order valence-electron chi connectivity index (χ2n) is 8.22. The van der Waals surface area contributed by atoms with Crippen molar-refractivity contribution in [2.45, 2.75) is 39.7 Å². The van der Waals surface area contributed by atoms with Gasteiger partial charge in [0.1, 0.15) is 11.6 Å². The molecule has 158 valence electrons. The topological polar surface area (TPSA) is 51.1 Å². The summed E-state index contributed by atoms with van der Waals surface area (Å²) in [5.41, 5.74) is 8.05. The average Bonchev–Trinajstić information content (AvgIpc) is 3.11. The highest BCUT2D eigenvalue weighted by Gasteiger charge is 2.21. The third kappa shape index (κ3) is 4.31. The third-order valence-electron chi connectivity index (χ3n) is 6.06. The first-order valence-electron chi connectivity index (χ1n) is 10.7. The number of fused-ring (bicyclic) bond motifs is 2. The van der Waals surface area contributed by atoms with E-state index in [0.29, 0.717) is 11.9 Å². The van der Waals surface area contributed by atoms with Gasteiger partial charge in [0.25, 0.3) is 0 Å². The standard InChI is InChI=1S/C25H26N4OS/c1-16-12-25(28-18(3)27-16)30-22-6-4-19-8-10-29(11-9-21(19)13-22)17(2)20-5-7-24-23(14-20)26-15-31-24/h4-7,12-15,17H,8-11H2,1-3H3/t17-/m1/s1. The lowest BCUT2D eigenvalue weighted by atomic mass is 10.0. The molecule has 5 rings (SSSR count). The Balaban J connectivity index is 1.31. The van der Waals surface area contributed by atoms with E-state index >= 15 is 0 Å². The highest BCUT2D eigenvalue weighted by atomic mass is 32.1. The summed E-state index contributed by atoms with van der Waals surface area (Å²) >= 11 is 1.70. The SMILES string of the molecule is Cc1cc(Oc2ccc3c(c2)CCN([C@H](C)c2ccc4scnc4c2)CC3)nc(C)n1. The predicted octanol–water partition coefficient (Wildman–Crippen LogP) is 5.66. The van der Waals surface area contributed by atoms with Crippen LogP contribution in [-0.4, -0.2) is 32.9 Å². The van der Waals surface area contributed by atoms with E-state index in [2.05, 4.69) is 63.2 Å². The molecule has 0 fully saturated rings. The molecule has 0 saturated carbocycles. The molecule has 0 bridgehead atoms. The minimum absolute atomic E-state index is 0.364. The Morgan fingerprint density at radius 2 is 1.81 bits per heavy atom. The Morgan fingerprint density at radius 3 is 2.65 bits per heavy atom. The Labute approximate surface area is 186 Å². The van der Waals surface area contributed by atoms with E-state index in [1.165, 1.54) is 21.4 Å². The van der Waals surface area contributed by atoms with Gasteiger partial charge in [-0.05, 0) is 74.6 Å². The van der Waals surface area contributed by atoms with Gasteiger partial charge >= 0.3 is 0 Å². The minimum atomic E-state index is 0.364. The van der Waals surface area contributed by atoms with Gasteiger partial charge in [0.15, 0.2) is 0 Å². The van der Waals surface area contributed by atoms with Crippen molar-refractivity contribution in [3.63, 3.8) is 0 Å². The zero-order chi connectivity index (χ0) is 21.4. The fraction of sp³-hybridized carbons (Fsp3) is 0.320. The van der Waals surface area contributed by atoms with Crippen molar-refractivity contribution >= 4 is 21.6 Å². The summed E-state index contributed by atoms with van der Waals surface area (Å²) in [5, 5.41) is 0. The molecule has 3 heterocycles. The summed E-state index contributed by atoms with van der Waals surface area (Å²) in [5.74, 6) is 2.17. The molecule has 6 heteroatoms.